The first kappa shape index (κ1) is 13.3. The normalized spacial score (nSPS) is 18.8. The monoisotopic (exact) mass is 269 g/mol. The van der Waals surface area contributed by atoms with E-state index in [4.69, 9.17) is 0 Å². The van der Waals surface area contributed by atoms with Gasteiger partial charge < -0.3 is 5.32 Å². The van der Waals surface area contributed by atoms with E-state index in [0.29, 0.717) is 5.69 Å². The topological polar surface area (TPSA) is 71.1 Å². The van der Waals surface area contributed by atoms with Crippen LogP contribution >= 0.6 is 0 Å². The number of aromatic nitrogens is 1. The van der Waals surface area contributed by atoms with Crippen molar-refractivity contribution < 1.29 is 8.42 Å². The van der Waals surface area contributed by atoms with Crippen molar-refractivity contribution >= 4 is 15.7 Å². The van der Waals surface area contributed by atoms with Crippen LogP contribution in [0.3, 0.4) is 0 Å². The van der Waals surface area contributed by atoms with Crippen molar-refractivity contribution in [1.82, 2.24) is 9.71 Å². The predicted molar refractivity (Wildman–Crippen MR) is 71.0 cm³/mol. The molecular weight excluding hydrogens is 250 g/mol. The van der Waals surface area contributed by atoms with Gasteiger partial charge in [-0.15, -0.1) is 0 Å². The minimum atomic E-state index is -3.52. The van der Waals surface area contributed by atoms with Gasteiger partial charge in [0.2, 0.25) is 10.0 Å². The lowest BCUT2D eigenvalue weighted by Crippen LogP contribution is -2.43. The highest BCUT2D eigenvalue weighted by Crippen LogP contribution is 2.31. The van der Waals surface area contributed by atoms with Crippen molar-refractivity contribution in [3.63, 3.8) is 0 Å². The summed E-state index contributed by atoms with van der Waals surface area (Å²) in [5.41, 5.74) is 0.249. The Morgan fingerprint density at radius 3 is 2.61 bits per heavy atom. The van der Waals surface area contributed by atoms with E-state index in [1.165, 1.54) is 6.20 Å². The van der Waals surface area contributed by atoms with Crippen LogP contribution < -0.4 is 10.0 Å². The van der Waals surface area contributed by atoms with E-state index in [-0.39, 0.29) is 10.4 Å². The van der Waals surface area contributed by atoms with Crippen LogP contribution in [0.15, 0.2) is 23.4 Å². The molecule has 1 aromatic rings. The molecule has 6 heteroatoms. The second-order valence-corrected chi connectivity index (χ2v) is 6.65. The third-order valence-electron chi connectivity index (χ3n) is 3.43. The number of hydrogen-bond donors (Lipinski definition) is 2. The lowest BCUT2D eigenvalue weighted by Gasteiger charge is -2.25. The number of nitrogens with one attached hydrogen (secondary N) is 2. The maximum Gasteiger partial charge on any atom is 0.244 e. The van der Waals surface area contributed by atoms with Crippen LogP contribution in [0.1, 0.15) is 32.6 Å². The average molecular weight is 269 g/mol. The Morgan fingerprint density at radius 1 is 1.33 bits per heavy atom. The molecule has 1 heterocycles. The summed E-state index contributed by atoms with van der Waals surface area (Å²) < 4.78 is 27.6. The maximum atomic E-state index is 12.4. The van der Waals surface area contributed by atoms with E-state index in [1.54, 1.807) is 19.3 Å². The minimum absolute atomic E-state index is 0.209. The molecule has 1 aromatic heterocycles. The summed E-state index contributed by atoms with van der Waals surface area (Å²) in [5, 5.41) is 2.88. The minimum Gasteiger partial charge on any atom is -0.387 e. The second-order valence-electron chi connectivity index (χ2n) is 5.00. The number of rotatable bonds is 4. The van der Waals surface area contributed by atoms with Gasteiger partial charge in [-0.05, 0) is 25.8 Å². The quantitative estimate of drug-likeness (QED) is 0.873. The Kier molecular flexibility index (Phi) is 3.59. The average Bonchev–Trinajstić information content (AvgIpc) is 2.74. The molecule has 0 spiro atoms. The van der Waals surface area contributed by atoms with Crippen LogP contribution in [0.25, 0.3) is 0 Å². The van der Waals surface area contributed by atoms with Gasteiger partial charge in [0, 0.05) is 25.0 Å². The number of nitrogens with zero attached hydrogens (tertiary/aromatic N) is 1. The number of sulfonamides is 1. The van der Waals surface area contributed by atoms with E-state index >= 15 is 0 Å². The fraction of sp³-hybridized carbons (Fsp3) is 0.583. The summed E-state index contributed by atoms with van der Waals surface area (Å²) >= 11 is 0. The molecule has 0 radical (unpaired) electrons. The smallest absolute Gasteiger partial charge is 0.244 e. The van der Waals surface area contributed by atoms with Gasteiger partial charge >= 0.3 is 0 Å². The largest absolute Gasteiger partial charge is 0.387 e. The van der Waals surface area contributed by atoms with Gasteiger partial charge in [-0.2, -0.15) is 0 Å². The van der Waals surface area contributed by atoms with Gasteiger partial charge in [-0.3, -0.25) is 4.98 Å². The van der Waals surface area contributed by atoms with Crippen LogP contribution in [0.2, 0.25) is 0 Å². The molecule has 0 aliphatic heterocycles. The van der Waals surface area contributed by atoms with Crippen LogP contribution in [0, 0.1) is 0 Å². The van der Waals surface area contributed by atoms with Crippen molar-refractivity contribution in [2.75, 3.05) is 12.4 Å². The zero-order chi connectivity index (χ0) is 13.2. The summed E-state index contributed by atoms with van der Waals surface area (Å²) in [5.74, 6) is 0. The van der Waals surface area contributed by atoms with Gasteiger partial charge in [-0.25, -0.2) is 13.1 Å². The Hall–Kier alpha value is -1.14. The van der Waals surface area contributed by atoms with Crippen LogP contribution in [-0.4, -0.2) is 26.0 Å². The van der Waals surface area contributed by atoms with E-state index in [9.17, 15) is 8.42 Å². The molecule has 0 unspecified atom stereocenters. The third kappa shape index (κ3) is 2.64. The molecule has 0 bridgehead atoms. The summed E-state index contributed by atoms with van der Waals surface area (Å²) in [6.07, 6.45) is 6.88. The van der Waals surface area contributed by atoms with Gasteiger partial charge in [0.05, 0.1) is 5.69 Å². The molecular formula is C12H19N3O2S. The molecule has 0 amide bonds. The van der Waals surface area contributed by atoms with Crippen molar-refractivity contribution in [3.8, 4) is 0 Å². The van der Waals surface area contributed by atoms with E-state index in [1.807, 2.05) is 6.92 Å². The third-order valence-corrected chi connectivity index (χ3v) is 5.10. The summed E-state index contributed by atoms with van der Waals surface area (Å²) in [4.78, 5) is 4.11. The maximum absolute atomic E-state index is 12.4. The fourth-order valence-corrected chi connectivity index (χ4v) is 4.06. The van der Waals surface area contributed by atoms with Crippen molar-refractivity contribution in [3.05, 3.63) is 18.5 Å². The standard InChI is InChI=1S/C12H19N3O2S/c1-12(6-3-4-7-12)15-18(16,17)11-9-14-8-5-10(11)13-2/h5,8-9,15H,3-4,6-7H2,1-2H3,(H,13,14). The first-order chi connectivity index (χ1) is 8.47. The lowest BCUT2D eigenvalue weighted by molar-refractivity contribution is 0.427. The lowest BCUT2D eigenvalue weighted by atomic mass is 10.0. The molecule has 0 saturated heterocycles. The SMILES string of the molecule is CNc1ccncc1S(=O)(=O)NC1(C)CCCC1. The highest BCUT2D eigenvalue weighted by atomic mass is 32.2. The van der Waals surface area contributed by atoms with Crippen molar-refractivity contribution in [1.29, 1.82) is 0 Å². The first-order valence-corrected chi connectivity index (χ1v) is 7.61. The van der Waals surface area contributed by atoms with E-state index in [2.05, 4.69) is 15.0 Å². The predicted octanol–water partition coefficient (Wildman–Crippen LogP) is 1.73. The molecule has 2 N–H and O–H groups in total. The van der Waals surface area contributed by atoms with Gasteiger partial charge in [0.15, 0.2) is 0 Å². The Balaban J connectivity index is 2.30. The molecule has 0 atom stereocenters. The van der Waals surface area contributed by atoms with E-state index < -0.39 is 10.0 Å². The summed E-state index contributed by atoms with van der Waals surface area (Å²) in [7, 11) is -1.82. The number of anilines is 1. The van der Waals surface area contributed by atoms with Crippen LogP contribution in [0.5, 0.6) is 0 Å². The van der Waals surface area contributed by atoms with Crippen molar-refractivity contribution in [2.45, 2.75) is 43.0 Å². The van der Waals surface area contributed by atoms with Crippen LogP contribution in [0.4, 0.5) is 5.69 Å². The molecule has 18 heavy (non-hydrogen) atoms. The molecule has 0 aromatic carbocycles. The highest BCUT2D eigenvalue weighted by Gasteiger charge is 2.34. The number of hydrogen-bond acceptors (Lipinski definition) is 4. The molecule has 1 saturated carbocycles. The highest BCUT2D eigenvalue weighted by molar-refractivity contribution is 7.89. The Bertz CT molecular complexity index is 522. The van der Waals surface area contributed by atoms with E-state index in [0.717, 1.165) is 25.7 Å². The van der Waals surface area contributed by atoms with Crippen LogP contribution in [-0.2, 0) is 10.0 Å². The fourth-order valence-electron chi connectivity index (χ4n) is 2.44. The summed E-state index contributed by atoms with van der Waals surface area (Å²) in [6.45, 7) is 1.97. The van der Waals surface area contributed by atoms with Crippen molar-refractivity contribution in [2.24, 2.45) is 0 Å². The van der Waals surface area contributed by atoms with Gasteiger partial charge in [-0.1, -0.05) is 12.8 Å². The molecule has 5 nitrogen and oxygen atoms in total. The molecule has 1 aliphatic rings. The molecule has 2 rings (SSSR count). The molecule has 100 valence electrons. The summed E-state index contributed by atoms with van der Waals surface area (Å²) in [6, 6.07) is 1.66. The Labute approximate surface area is 108 Å². The number of pyridine rings is 1. The Morgan fingerprint density at radius 2 is 2.00 bits per heavy atom. The molecule has 1 fully saturated rings. The van der Waals surface area contributed by atoms with Gasteiger partial charge in [0.25, 0.3) is 0 Å². The molecule has 1 aliphatic carbocycles. The second kappa shape index (κ2) is 4.85. The van der Waals surface area contributed by atoms with Gasteiger partial charge in [0.1, 0.15) is 4.90 Å². The first-order valence-electron chi connectivity index (χ1n) is 6.13. The zero-order valence-electron chi connectivity index (χ0n) is 10.7. The zero-order valence-corrected chi connectivity index (χ0v) is 11.5.